The van der Waals surface area contributed by atoms with Crippen molar-refractivity contribution < 1.29 is 81.2 Å². The van der Waals surface area contributed by atoms with E-state index in [4.69, 9.17) is 36.3 Å². The number of halogens is 1. The molecule has 0 spiro atoms. The molecule has 0 radical (unpaired) electrons. The van der Waals surface area contributed by atoms with Crippen molar-refractivity contribution in [3.05, 3.63) is 274 Å². The lowest BCUT2D eigenvalue weighted by molar-refractivity contribution is -0.149. The number of carbonyl (C=O) groups excluding carboxylic acids is 12. The number of carbonyl (C=O) groups is 12. The molecule has 3 N–H and O–H groups in total. The van der Waals surface area contributed by atoms with Crippen molar-refractivity contribution in [2.75, 3.05) is 33.0 Å². The highest BCUT2D eigenvalue weighted by atomic mass is 35.5. The zero-order valence-electron chi connectivity index (χ0n) is 68.8. The minimum absolute atomic E-state index is 0. The second-order valence-electron chi connectivity index (χ2n) is 25.6. The quantitative estimate of drug-likeness (QED) is 0.0134. The summed E-state index contributed by atoms with van der Waals surface area (Å²) in [6.45, 7) is 20.2. The van der Waals surface area contributed by atoms with E-state index in [1.54, 1.807) is 122 Å². The van der Waals surface area contributed by atoms with E-state index in [-0.39, 0.29) is 65.4 Å². The van der Waals surface area contributed by atoms with Crippen LogP contribution in [0.2, 0.25) is 0 Å². The summed E-state index contributed by atoms with van der Waals surface area (Å²) in [5.74, 6) is -7.11. The van der Waals surface area contributed by atoms with E-state index in [0.717, 1.165) is 44.9 Å². The normalized spacial score (nSPS) is 10.4. The number of aryl methyl sites for hydroxylation is 5. The van der Waals surface area contributed by atoms with Crippen molar-refractivity contribution in [3.63, 3.8) is 0 Å². The van der Waals surface area contributed by atoms with Gasteiger partial charge in [-0.15, -0.1) is 0 Å². The summed E-state index contributed by atoms with van der Waals surface area (Å²) in [6.07, 6.45) is 0.0577. The Bertz CT molecular complexity index is 5060. The number of ether oxygens (including phenoxy) is 5. The van der Waals surface area contributed by atoms with Gasteiger partial charge in [0.05, 0.1) is 61.4 Å². The number of primary amides is 1. The maximum Gasteiger partial charge on any atom is 0.342 e. The molecular formula is C93H111ClN10O17. The first kappa shape index (κ1) is 103. The second-order valence-corrected chi connectivity index (χ2v) is 26.0. The van der Waals surface area contributed by atoms with Crippen LogP contribution in [0.25, 0.3) is 45.0 Å². The first-order valence-electron chi connectivity index (χ1n) is 37.6. The van der Waals surface area contributed by atoms with E-state index in [9.17, 15) is 57.5 Å². The Morgan fingerprint density at radius 3 is 1.08 bits per heavy atom. The Kier molecular flexibility index (Phi) is 45.2. The molecule has 27 nitrogen and oxygen atoms in total. The molecule has 0 bridgehead atoms. The number of rotatable bonds is 25. The highest BCUT2D eigenvalue weighted by Gasteiger charge is 2.34. The fourth-order valence-electron chi connectivity index (χ4n) is 11.3. The molecule has 0 saturated carbocycles. The number of hydrogen-bond acceptors (Lipinski definition) is 21. The first-order valence-corrected chi connectivity index (χ1v) is 38.0. The van der Waals surface area contributed by atoms with E-state index in [0.29, 0.717) is 88.3 Å². The molecule has 0 saturated heterocycles. The van der Waals surface area contributed by atoms with Crippen molar-refractivity contribution in [1.29, 1.82) is 0 Å². The van der Waals surface area contributed by atoms with Crippen LogP contribution in [-0.4, -0.2) is 148 Å². The van der Waals surface area contributed by atoms with Crippen molar-refractivity contribution in [2.24, 2.45) is 39.8 Å². The van der Waals surface area contributed by atoms with E-state index in [2.05, 4.69) is 30.4 Å². The molecule has 2 unspecified atom stereocenters. The molecule has 11 aromatic rings. The fourth-order valence-corrected chi connectivity index (χ4v) is 11.4. The number of nitrogens with two attached hydrogens (primary N) is 1. The number of nitrogens with zero attached hydrogens (tertiary/aromatic N) is 8. The van der Waals surface area contributed by atoms with Crippen LogP contribution in [0.3, 0.4) is 0 Å². The van der Waals surface area contributed by atoms with Gasteiger partial charge in [0.2, 0.25) is 5.78 Å². The molecule has 0 fully saturated rings. The summed E-state index contributed by atoms with van der Waals surface area (Å²) in [7, 11) is 7.22. The summed E-state index contributed by atoms with van der Waals surface area (Å²) >= 11 is 5.16. The van der Waals surface area contributed by atoms with Gasteiger partial charge in [0, 0.05) is 73.7 Å². The van der Waals surface area contributed by atoms with Gasteiger partial charge >= 0.3 is 29.8 Å². The molecule has 642 valence electrons. The number of hydrogen-bond donors (Lipinski definition) is 2. The van der Waals surface area contributed by atoms with Gasteiger partial charge < -0.3 is 34.7 Å². The third-order valence-electron chi connectivity index (χ3n) is 17.2. The van der Waals surface area contributed by atoms with Gasteiger partial charge in [-0.05, 0) is 93.3 Å². The van der Waals surface area contributed by atoms with Gasteiger partial charge in [0.25, 0.3) is 17.1 Å². The van der Waals surface area contributed by atoms with Gasteiger partial charge in [-0.1, -0.05) is 235 Å². The number of benzene rings is 7. The Labute approximate surface area is 712 Å². The Hall–Kier alpha value is -13.7. The molecule has 4 aromatic heterocycles. The lowest BCUT2D eigenvalue weighted by Crippen LogP contribution is -2.47. The fraction of sp³-hybridized carbons (Fsp3) is 0.290. The van der Waals surface area contributed by atoms with Crippen molar-refractivity contribution in [3.8, 4) is 45.0 Å². The Morgan fingerprint density at radius 1 is 0.413 bits per heavy atom. The van der Waals surface area contributed by atoms with Crippen molar-refractivity contribution >= 4 is 81.6 Å². The zero-order chi connectivity index (χ0) is 87.1. The van der Waals surface area contributed by atoms with Crippen molar-refractivity contribution in [2.45, 2.75) is 117 Å². The molecule has 121 heavy (non-hydrogen) atoms. The van der Waals surface area contributed by atoms with Gasteiger partial charge in [-0.3, -0.25) is 61.9 Å². The van der Waals surface area contributed by atoms with Gasteiger partial charge in [0.1, 0.15) is 52.0 Å². The molecule has 2 amide bonds. The van der Waals surface area contributed by atoms with Crippen LogP contribution in [0.15, 0.2) is 212 Å². The minimum Gasteiger partial charge on any atom is -0.466 e. The SMILES string of the molecule is C.C.C.CCOC(=O)C(C(C)=O)C(=O)c1ccccc1.CCOC(=O)CC(C)=O.CCOC(=O)c1c(-c2ccccc2)nn(C)c1C.CCOC(=O)c1c(-c2ccccc2)nn(C)c1C.CCOC(=O)c1c(C)nn(C)c1-c1ccccc1.Cc1c(C(=O)NC(Cc2ccccc2)C(=O)C(N)=O)c(-c2ccccc2)nn1C.O=C(Cl)c1ccccc1. The molecule has 0 aliphatic carbocycles. The van der Waals surface area contributed by atoms with Crippen LogP contribution in [0.4, 0.5) is 0 Å². The summed E-state index contributed by atoms with van der Waals surface area (Å²) < 4.78 is 31.2. The molecule has 4 heterocycles. The summed E-state index contributed by atoms with van der Waals surface area (Å²) in [5.41, 5.74) is 18.1. The Morgan fingerprint density at radius 2 is 0.744 bits per heavy atom. The van der Waals surface area contributed by atoms with Gasteiger partial charge in [0.15, 0.2) is 17.5 Å². The predicted molar refractivity (Wildman–Crippen MR) is 467 cm³/mol. The van der Waals surface area contributed by atoms with E-state index in [1.807, 2.05) is 200 Å². The zero-order valence-corrected chi connectivity index (χ0v) is 69.5. The molecule has 0 aliphatic heterocycles. The Balaban J connectivity index is 0.000000490. The predicted octanol–water partition coefficient (Wildman–Crippen LogP) is 15.6. The van der Waals surface area contributed by atoms with Crippen LogP contribution in [0.5, 0.6) is 0 Å². The highest BCUT2D eigenvalue weighted by molar-refractivity contribution is 6.67. The van der Waals surface area contributed by atoms with Crippen LogP contribution >= 0.6 is 11.6 Å². The number of aromatic nitrogens is 8. The van der Waals surface area contributed by atoms with Gasteiger partial charge in [-0.2, -0.15) is 20.4 Å². The molecule has 11 rings (SSSR count). The van der Waals surface area contributed by atoms with Crippen LogP contribution in [0.1, 0.15) is 168 Å². The third-order valence-corrected chi connectivity index (χ3v) is 17.4. The van der Waals surface area contributed by atoms with E-state index in [1.165, 1.54) is 13.8 Å². The van der Waals surface area contributed by atoms with Crippen LogP contribution in [0, 0.1) is 33.6 Å². The molecule has 7 aromatic carbocycles. The number of nitrogens with one attached hydrogen (secondary N) is 1. The first-order chi connectivity index (χ1) is 56.4. The lowest BCUT2D eigenvalue weighted by atomic mass is 9.94. The third kappa shape index (κ3) is 31.0. The number of Topliss-reactive ketones (excluding diaryl/α,β-unsaturated/α-hetero) is 4. The average Bonchev–Trinajstić information content (AvgIpc) is 1.65. The summed E-state index contributed by atoms with van der Waals surface area (Å²) in [4.78, 5) is 139. The smallest absolute Gasteiger partial charge is 0.342 e. The minimum atomic E-state index is -1.35. The number of amides is 2. The maximum atomic E-state index is 13.1. The topological polar surface area (TPSA) is 360 Å². The van der Waals surface area contributed by atoms with Crippen LogP contribution < -0.4 is 11.1 Å². The molecule has 0 aliphatic rings. The summed E-state index contributed by atoms with van der Waals surface area (Å²) in [6, 6.07) is 63.4. The molecule has 2 atom stereocenters. The van der Waals surface area contributed by atoms with E-state index >= 15 is 0 Å². The molecule has 28 heteroatoms. The van der Waals surface area contributed by atoms with Crippen LogP contribution in [-0.2, 0) is 87.1 Å². The monoisotopic (exact) mass is 1670 g/mol. The largest absolute Gasteiger partial charge is 0.466 e. The number of ketones is 4. The average molecular weight is 1680 g/mol. The van der Waals surface area contributed by atoms with E-state index < -0.39 is 58.3 Å². The van der Waals surface area contributed by atoms with Crippen molar-refractivity contribution in [1.82, 2.24) is 44.4 Å². The summed E-state index contributed by atoms with van der Waals surface area (Å²) in [5, 5.41) is 19.8. The lowest BCUT2D eigenvalue weighted by Gasteiger charge is -2.17. The maximum absolute atomic E-state index is 13.1. The highest BCUT2D eigenvalue weighted by Crippen LogP contribution is 2.30. The molecular weight excluding hydrogens is 1560 g/mol. The van der Waals surface area contributed by atoms with Gasteiger partial charge in [-0.25, -0.2) is 14.4 Å². The standard InChI is InChI=1S/C22H22N4O3.3C14H16N2O2.C13H14O4.C7H5ClO.C6H10O3.3CH4/c1-14-18(19(25-26(14)2)16-11-7-4-8-12-16)22(29)24-17(20(27)21(23)28)13-15-9-5-3-6-10-15;2*1-4-18-14(17)12-10(2)16(3)15-13(12)11-8-6-5-7-9-11;1-4-18-14(17)12-10(2)15-16(3)13(12)11-8-6-5-7-9-11;1-3-17-13(16)11(9(2)14)12(15)10-7-5-4-6-8-10;8-7(9)6-4-2-1-3-5-6;1-3-9-6(8)4-5(2)7;;;/h3-12,17H,13H2,1-2H3,(H2,23,28)(H,24,29);3*5-9H,4H2,1-3H3;4-8,11H,3H2,1-2H3;1-5H;3-4H2,1-2H3;3*1H4. The number of esters is 5. The second kappa shape index (κ2) is 52.9.